The average molecular weight is 491 g/mol. The molecule has 0 unspecified atom stereocenters. The third-order valence-corrected chi connectivity index (χ3v) is 6.94. The molecule has 1 saturated carbocycles. The summed E-state index contributed by atoms with van der Waals surface area (Å²) in [6.45, 7) is 1.20. The van der Waals surface area contributed by atoms with Crippen LogP contribution < -0.4 is 10.6 Å². The van der Waals surface area contributed by atoms with Crippen LogP contribution in [0.3, 0.4) is 0 Å². The van der Waals surface area contributed by atoms with Gasteiger partial charge in [0.05, 0.1) is 17.7 Å². The molecule has 1 aromatic carbocycles. The highest BCUT2D eigenvalue weighted by molar-refractivity contribution is 5.96. The van der Waals surface area contributed by atoms with E-state index in [1.165, 1.54) is 6.07 Å². The van der Waals surface area contributed by atoms with E-state index < -0.39 is 23.2 Å². The van der Waals surface area contributed by atoms with E-state index >= 15 is 0 Å². The lowest BCUT2D eigenvalue weighted by Crippen LogP contribution is -2.45. The number of alkyl halides is 3. The Morgan fingerprint density at radius 3 is 2.60 bits per heavy atom. The summed E-state index contributed by atoms with van der Waals surface area (Å²) < 4.78 is 38.5. The Kier molecular flexibility index (Phi) is 7.42. The Bertz CT molecular complexity index is 1040. The van der Waals surface area contributed by atoms with Gasteiger partial charge in [0.1, 0.15) is 0 Å². The lowest BCUT2D eigenvalue weighted by Gasteiger charge is -2.39. The molecular weight excluding hydrogens is 461 g/mol. The van der Waals surface area contributed by atoms with E-state index in [0.29, 0.717) is 25.4 Å². The largest absolute Gasteiger partial charge is 0.416 e. The van der Waals surface area contributed by atoms with Gasteiger partial charge in [0.25, 0.3) is 5.91 Å². The van der Waals surface area contributed by atoms with E-state index in [4.69, 9.17) is 0 Å². The summed E-state index contributed by atoms with van der Waals surface area (Å²) in [5.74, 6) is -1.12. The molecule has 7 nitrogen and oxygen atoms in total. The summed E-state index contributed by atoms with van der Waals surface area (Å²) in [5.41, 5.74) is -1.07. The molecule has 1 aliphatic carbocycles. The van der Waals surface area contributed by atoms with E-state index in [2.05, 4.69) is 20.5 Å². The van der Waals surface area contributed by atoms with Gasteiger partial charge in [0.2, 0.25) is 5.91 Å². The van der Waals surface area contributed by atoms with Gasteiger partial charge in [0.15, 0.2) is 0 Å². The number of amides is 2. The maximum atomic E-state index is 12.8. The molecule has 3 N–H and O–H groups in total. The molecule has 35 heavy (non-hydrogen) atoms. The van der Waals surface area contributed by atoms with Crippen LogP contribution in [0.4, 0.5) is 13.2 Å². The van der Waals surface area contributed by atoms with Gasteiger partial charge >= 0.3 is 6.18 Å². The van der Waals surface area contributed by atoms with Gasteiger partial charge in [-0.05, 0) is 56.4 Å². The van der Waals surface area contributed by atoms with Crippen LogP contribution in [0.1, 0.15) is 53.6 Å². The molecule has 1 aromatic heterocycles. The normalized spacial score (nSPS) is 25.3. The van der Waals surface area contributed by atoms with Gasteiger partial charge in [-0.3, -0.25) is 19.5 Å². The number of benzene rings is 1. The topological polar surface area (TPSA) is 94.6 Å². The van der Waals surface area contributed by atoms with Crippen molar-refractivity contribution in [3.8, 4) is 0 Å². The number of hydrogen-bond acceptors (Lipinski definition) is 5. The minimum Gasteiger partial charge on any atom is -0.385 e. The number of halogens is 3. The smallest absolute Gasteiger partial charge is 0.385 e. The highest BCUT2D eigenvalue weighted by atomic mass is 19.4. The molecule has 2 aliphatic rings. The van der Waals surface area contributed by atoms with Crippen LogP contribution in [0.15, 0.2) is 48.8 Å². The zero-order valence-corrected chi connectivity index (χ0v) is 19.2. The molecular formula is C25H29F3N4O3. The SMILES string of the molecule is O=C(CNC(=O)c1cccc(C(F)(F)F)c1)N[C@@H]1CCN(C2CCC(O)(c3cccnc3)CC2)C1. The molecule has 0 bridgehead atoms. The van der Waals surface area contributed by atoms with E-state index in [9.17, 15) is 27.9 Å². The van der Waals surface area contributed by atoms with Gasteiger partial charge in [-0.2, -0.15) is 13.2 Å². The molecule has 10 heteroatoms. The number of pyridine rings is 1. The van der Waals surface area contributed by atoms with Crippen LogP contribution >= 0.6 is 0 Å². The maximum absolute atomic E-state index is 12.8. The first-order valence-electron chi connectivity index (χ1n) is 11.8. The van der Waals surface area contributed by atoms with Crippen LogP contribution in [-0.4, -0.2) is 58.5 Å². The Morgan fingerprint density at radius 1 is 1.14 bits per heavy atom. The van der Waals surface area contributed by atoms with Crippen molar-refractivity contribution in [2.24, 2.45) is 0 Å². The van der Waals surface area contributed by atoms with E-state index in [0.717, 1.165) is 49.6 Å². The molecule has 0 spiro atoms. The number of carbonyl (C=O) groups is 2. The summed E-state index contributed by atoms with van der Waals surface area (Å²) >= 11 is 0. The fourth-order valence-electron chi connectivity index (χ4n) is 4.99. The van der Waals surface area contributed by atoms with Gasteiger partial charge in [-0.25, -0.2) is 0 Å². The van der Waals surface area contributed by atoms with Gasteiger partial charge < -0.3 is 15.7 Å². The third-order valence-electron chi connectivity index (χ3n) is 6.94. The molecule has 2 aromatic rings. The van der Waals surface area contributed by atoms with Crippen LogP contribution in [0.2, 0.25) is 0 Å². The third kappa shape index (κ3) is 6.18. The lowest BCUT2D eigenvalue weighted by molar-refractivity contribution is -0.137. The molecule has 2 heterocycles. The monoisotopic (exact) mass is 490 g/mol. The summed E-state index contributed by atoms with van der Waals surface area (Å²) in [6.07, 6.45) is 2.63. The minimum atomic E-state index is -4.54. The number of carbonyl (C=O) groups excluding carboxylic acids is 2. The van der Waals surface area contributed by atoms with E-state index in [1.807, 2.05) is 12.1 Å². The van der Waals surface area contributed by atoms with Gasteiger partial charge in [0, 0.05) is 48.7 Å². The van der Waals surface area contributed by atoms with E-state index in [1.54, 1.807) is 12.4 Å². The van der Waals surface area contributed by atoms with Crippen LogP contribution in [0.25, 0.3) is 0 Å². The number of nitrogens with one attached hydrogen (secondary N) is 2. The molecule has 1 aliphatic heterocycles. The number of likely N-dealkylation sites (tertiary alicyclic amines) is 1. The van der Waals surface area contributed by atoms with Crippen molar-refractivity contribution in [3.63, 3.8) is 0 Å². The molecule has 188 valence electrons. The number of rotatable bonds is 6. The summed E-state index contributed by atoms with van der Waals surface area (Å²) in [5, 5.41) is 16.3. The Balaban J connectivity index is 1.21. The molecule has 2 amide bonds. The van der Waals surface area contributed by atoms with Crippen LogP contribution in [0, 0.1) is 0 Å². The Hall–Kier alpha value is -2.98. The van der Waals surface area contributed by atoms with Crippen molar-refractivity contribution < 1.29 is 27.9 Å². The predicted octanol–water partition coefficient (Wildman–Crippen LogP) is 2.85. The molecule has 1 atom stereocenters. The number of aliphatic hydroxyl groups is 1. The maximum Gasteiger partial charge on any atom is 0.416 e. The van der Waals surface area contributed by atoms with Crippen molar-refractivity contribution in [3.05, 3.63) is 65.5 Å². The number of aromatic nitrogens is 1. The first-order chi connectivity index (χ1) is 16.6. The highest BCUT2D eigenvalue weighted by Gasteiger charge is 2.38. The number of hydrogen-bond donors (Lipinski definition) is 3. The molecule has 2 fully saturated rings. The summed E-state index contributed by atoms with van der Waals surface area (Å²) in [4.78, 5) is 31.0. The fourth-order valence-corrected chi connectivity index (χ4v) is 4.99. The second-order valence-corrected chi connectivity index (χ2v) is 9.31. The van der Waals surface area contributed by atoms with Crippen molar-refractivity contribution in [1.29, 1.82) is 0 Å². The Morgan fingerprint density at radius 2 is 1.91 bits per heavy atom. The first kappa shape index (κ1) is 25.1. The molecule has 1 saturated heterocycles. The fraction of sp³-hybridized carbons (Fsp3) is 0.480. The van der Waals surface area contributed by atoms with Crippen molar-refractivity contribution >= 4 is 11.8 Å². The number of nitrogens with zero attached hydrogens (tertiary/aromatic N) is 2. The second kappa shape index (κ2) is 10.3. The summed E-state index contributed by atoms with van der Waals surface area (Å²) in [6, 6.07) is 8.09. The van der Waals surface area contributed by atoms with Crippen LogP contribution in [0.5, 0.6) is 0 Å². The lowest BCUT2D eigenvalue weighted by atomic mass is 9.78. The average Bonchev–Trinajstić information content (AvgIpc) is 3.31. The first-order valence-corrected chi connectivity index (χ1v) is 11.8. The second-order valence-electron chi connectivity index (χ2n) is 9.31. The standard InChI is InChI=1S/C25H29F3N4O3/c26-25(27,28)18-4-1-3-17(13-18)23(34)30-15-22(33)31-20-8-12-32(16-20)21-6-9-24(35,10-7-21)19-5-2-11-29-14-19/h1-5,11,13-14,20-21,35H,6-10,12,15-16H2,(H,30,34)(H,31,33)/t20-,21?,24?/m1/s1. The van der Waals surface area contributed by atoms with Crippen molar-refractivity contribution in [2.75, 3.05) is 19.6 Å². The quantitative estimate of drug-likeness (QED) is 0.579. The van der Waals surface area contributed by atoms with E-state index in [-0.39, 0.29) is 24.1 Å². The minimum absolute atomic E-state index is 0.0629. The van der Waals surface area contributed by atoms with Crippen molar-refractivity contribution in [1.82, 2.24) is 20.5 Å². The summed E-state index contributed by atoms with van der Waals surface area (Å²) in [7, 11) is 0. The van der Waals surface area contributed by atoms with Crippen molar-refractivity contribution in [2.45, 2.75) is 56.0 Å². The van der Waals surface area contributed by atoms with Crippen LogP contribution in [-0.2, 0) is 16.6 Å². The van der Waals surface area contributed by atoms with Gasteiger partial charge in [-0.1, -0.05) is 12.1 Å². The Labute approximate surface area is 201 Å². The predicted molar refractivity (Wildman–Crippen MR) is 122 cm³/mol. The molecule has 4 rings (SSSR count). The zero-order valence-electron chi connectivity index (χ0n) is 19.2. The molecule has 0 radical (unpaired) electrons. The van der Waals surface area contributed by atoms with Gasteiger partial charge in [-0.15, -0.1) is 0 Å². The zero-order chi connectivity index (χ0) is 25.1. The highest BCUT2D eigenvalue weighted by Crippen LogP contribution is 2.39.